The van der Waals surface area contributed by atoms with Crippen LogP contribution in [-0.4, -0.2) is 52.7 Å². The van der Waals surface area contributed by atoms with Crippen LogP contribution in [0.2, 0.25) is 10.0 Å². The number of aryl methyl sites for hydroxylation is 1. The number of nitrogens with zero attached hydrogens (tertiary/aromatic N) is 4. The Morgan fingerprint density at radius 2 is 1.90 bits per heavy atom. The first kappa shape index (κ1) is 21.2. The maximum atomic E-state index is 12.9. The van der Waals surface area contributed by atoms with Gasteiger partial charge in [-0.05, 0) is 39.0 Å². The molecular weight excluding hydrogens is 425 g/mol. The highest BCUT2D eigenvalue weighted by atomic mass is 35.5. The van der Waals surface area contributed by atoms with Gasteiger partial charge in [-0.25, -0.2) is 14.8 Å². The van der Waals surface area contributed by atoms with E-state index < -0.39 is 0 Å². The van der Waals surface area contributed by atoms with Gasteiger partial charge in [0.15, 0.2) is 0 Å². The van der Waals surface area contributed by atoms with Crippen molar-refractivity contribution in [2.75, 3.05) is 29.9 Å². The molecule has 2 unspecified atom stereocenters. The number of carbonyl (C=O) groups excluding carboxylic acids is 1. The van der Waals surface area contributed by atoms with Gasteiger partial charge in [0.1, 0.15) is 11.6 Å². The summed E-state index contributed by atoms with van der Waals surface area (Å²) in [6.45, 7) is 8.64. The summed E-state index contributed by atoms with van der Waals surface area (Å²) in [5.74, 6) is 1.66. The van der Waals surface area contributed by atoms with E-state index in [-0.39, 0.29) is 18.2 Å². The van der Waals surface area contributed by atoms with E-state index in [1.807, 2.05) is 6.92 Å². The number of fused-ring (bicyclic) bond motifs is 1. The predicted octanol–water partition coefficient (Wildman–Crippen LogP) is 4.30. The van der Waals surface area contributed by atoms with Gasteiger partial charge in [0, 0.05) is 37.3 Å². The molecule has 2 aliphatic heterocycles. The lowest BCUT2D eigenvalue weighted by molar-refractivity contribution is -0.00557. The predicted molar refractivity (Wildman–Crippen MR) is 119 cm³/mol. The molecule has 30 heavy (non-hydrogen) atoms. The first-order valence-corrected chi connectivity index (χ1v) is 10.8. The Hall–Kier alpha value is -2.09. The molecule has 2 aromatic rings. The lowest BCUT2D eigenvalue weighted by Crippen LogP contribution is -2.47. The van der Waals surface area contributed by atoms with Crippen LogP contribution in [0.15, 0.2) is 18.2 Å². The Balaban J connectivity index is 1.56. The number of anilines is 2. The Bertz CT molecular complexity index is 961. The molecule has 4 rings (SSSR count). The number of rotatable bonds is 2. The molecule has 7 nitrogen and oxygen atoms in total. The number of hydrogen-bond acceptors (Lipinski definition) is 5. The van der Waals surface area contributed by atoms with Gasteiger partial charge in [-0.15, -0.1) is 0 Å². The number of amides is 2. The number of ether oxygens (including phenoxy) is 1. The fourth-order valence-corrected chi connectivity index (χ4v) is 4.38. The second-order valence-electron chi connectivity index (χ2n) is 7.91. The van der Waals surface area contributed by atoms with Crippen LogP contribution in [0.4, 0.5) is 16.3 Å². The zero-order valence-electron chi connectivity index (χ0n) is 17.3. The van der Waals surface area contributed by atoms with Gasteiger partial charge < -0.3 is 19.9 Å². The highest BCUT2D eigenvalue weighted by Gasteiger charge is 2.30. The number of halogens is 2. The number of urea groups is 1. The van der Waals surface area contributed by atoms with Crippen LogP contribution in [0, 0.1) is 6.92 Å². The highest BCUT2D eigenvalue weighted by molar-refractivity contribution is 6.42. The number of hydrogen-bond donors (Lipinski definition) is 1. The maximum Gasteiger partial charge on any atom is 0.322 e. The van der Waals surface area contributed by atoms with Gasteiger partial charge in [0.2, 0.25) is 0 Å². The van der Waals surface area contributed by atoms with Crippen molar-refractivity contribution in [1.82, 2.24) is 14.9 Å². The lowest BCUT2D eigenvalue weighted by atomic mass is 10.0. The SMILES string of the molecule is Cc1nc2c(c(N3CC(C)OC(C)C3)n1)CN(C(=O)Nc1ccc(Cl)c(Cl)c1)CC2. The van der Waals surface area contributed by atoms with Crippen LogP contribution in [-0.2, 0) is 17.7 Å². The second kappa shape index (κ2) is 8.57. The zero-order chi connectivity index (χ0) is 21.4. The summed E-state index contributed by atoms with van der Waals surface area (Å²) in [6.07, 6.45) is 0.935. The molecule has 0 aliphatic carbocycles. The van der Waals surface area contributed by atoms with Crippen molar-refractivity contribution in [3.8, 4) is 0 Å². The Morgan fingerprint density at radius 1 is 1.17 bits per heavy atom. The number of morpholine rings is 1. The normalized spacial score (nSPS) is 21.4. The van der Waals surface area contributed by atoms with Gasteiger partial charge in [0.05, 0.1) is 34.5 Å². The van der Waals surface area contributed by atoms with Crippen molar-refractivity contribution in [3.05, 3.63) is 45.3 Å². The molecular formula is C21H25Cl2N5O2. The third-order valence-corrected chi connectivity index (χ3v) is 6.07. The van der Waals surface area contributed by atoms with Crippen molar-refractivity contribution in [2.24, 2.45) is 0 Å². The topological polar surface area (TPSA) is 70.6 Å². The van der Waals surface area contributed by atoms with Crippen molar-refractivity contribution in [3.63, 3.8) is 0 Å². The molecule has 0 radical (unpaired) electrons. The smallest absolute Gasteiger partial charge is 0.322 e. The largest absolute Gasteiger partial charge is 0.372 e. The van der Waals surface area contributed by atoms with Crippen LogP contribution in [0.3, 0.4) is 0 Å². The molecule has 1 N–H and O–H groups in total. The second-order valence-corrected chi connectivity index (χ2v) is 8.73. The minimum absolute atomic E-state index is 0.123. The average molecular weight is 450 g/mol. The van der Waals surface area contributed by atoms with Crippen LogP contribution < -0.4 is 10.2 Å². The first-order chi connectivity index (χ1) is 14.3. The van der Waals surface area contributed by atoms with Crippen LogP contribution >= 0.6 is 23.2 Å². The van der Waals surface area contributed by atoms with Gasteiger partial charge in [-0.3, -0.25) is 0 Å². The fourth-order valence-electron chi connectivity index (χ4n) is 4.08. The van der Waals surface area contributed by atoms with Crippen molar-refractivity contribution >= 4 is 40.7 Å². The molecule has 0 bridgehead atoms. The molecule has 1 fully saturated rings. The number of carbonyl (C=O) groups is 1. The molecule has 0 saturated carbocycles. The third kappa shape index (κ3) is 4.48. The molecule has 2 atom stereocenters. The summed E-state index contributed by atoms with van der Waals surface area (Å²) in [5.41, 5.74) is 2.64. The molecule has 1 aromatic carbocycles. The standard InChI is InChI=1S/C21H25Cl2N5O2/c1-12-9-28(10-13(2)30-12)20-16-11-27(7-6-19(16)24-14(3)25-20)21(29)26-15-4-5-17(22)18(23)8-15/h4-5,8,12-13H,6-7,9-11H2,1-3H3,(H,26,29). The van der Waals surface area contributed by atoms with Crippen molar-refractivity contribution in [1.29, 1.82) is 0 Å². The highest BCUT2D eigenvalue weighted by Crippen LogP contribution is 2.30. The van der Waals surface area contributed by atoms with E-state index in [2.05, 4.69) is 29.0 Å². The van der Waals surface area contributed by atoms with Gasteiger partial charge in [0.25, 0.3) is 0 Å². The fraction of sp³-hybridized carbons (Fsp3) is 0.476. The molecule has 2 aliphatic rings. The Kier molecular flexibility index (Phi) is 6.04. The van der Waals surface area contributed by atoms with E-state index in [0.29, 0.717) is 35.2 Å². The minimum atomic E-state index is -0.186. The van der Waals surface area contributed by atoms with Gasteiger partial charge in [-0.2, -0.15) is 0 Å². The van der Waals surface area contributed by atoms with Crippen molar-refractivity contribution in [2.45, 2.75) is 45.9 Å². The van der Waals surface area contributed by atoms with E-state index in [1.165, 1.54) is 0 Å². The number of benzene rings is 1. The summed E-state index contributed by atoms with van der Waals surface area (Å²) in [4.78, 5) is 26.3. The van der Waals surface area contributed by atoms with E-state index in [9.17, 15) is 4.79 Å². The summed E-state index contributed by atoms with van der Waals surface area (Å²) in [7, 11) is 0. The number of aromatic nitrogens is 2. The molecule has 1 aromatic heterocycles. The van der Waals surface area contributed by atoms with Crippen LogP contribution in [0.1, 0.15) is 30.9 Å². The quantitative estimate of drug-likeness (QED) is 0.739. The van der Waals surface area contributed by atoms with E-state index in [4.69, 9.17) is 32.9 Å². The summed E-state index contributed by atoms with van der Waals surface area (Å²) < 4.78 is 5.88. The maximum absolute atomic E-state index is 12.9. The van der Waals surface area contributed by atoms with E-state index in [0.717, 1.165) is 36.0 Å². The van der Waals surface area contributed by atoms with Crippen LogP contribution in [0.5, 0.6) is 0 Å². The lowest BCUT2D eigenvalue weighted by Gasteiger charge is -2.38. The molecule has 3 heterocycles. The van der Waals surface area contributed by atoms with Crippen LogP contribution in [0.25, 0.3) is 0 Å². The summed E-state index contributed by atoms with van der Waals surface area (Å²) >= 11 is 12.0. The molecule has 9 heteroatoms. The summed E-state index contributed by atoms with van der Waals surface area (Å²) in [6, 6.07) is 4.86. The average Bonchev–Trinajstić information content (AvgIpc) is 2.69. The Labute approximate surface area is 186 Å². The molecule has 160 valence electrons. The van der Waals surface area contributed by atoms with E-state index in [1.54, 1.807) is 23.1 Å². The summed E-state index contributed by atoms with van der Waals surface area (Å²) in [5, 5.41) is 3.76. The van der Waals surface area contributed by atoms with E-state index >= 15 is 0 Å². The molecule has 0 spiro atoms. The number of nitrogens with one attached hydrogen (secondary N) is 1. The third-order valence-electron chi connectivity index (χ3n) is 5.33. The molecule has 2 amide bonds. The Morgan fingerprint density at radius 3 is 2.60 bits per heavy atom. The monoisotopic (exact) mass is 449 g/mol. The minimum Gasteiger partial charge on any atom is -0.372 e. The van der Waals surface area contributed by atoms with Gasteiger partial charge >= 0.3 is 6.03 Å². The first-order valence-electron chi connectivity index (χ1n) is 10.1. The van der Waals surface area contributed by atoms with Gasteiger partial charge in [-0.1, -0.05) is 23.2 Å². The van der Waals surface area contributed by atoms with Crippen molar-refractivity contribution < 1.29 is 9.53 Å². The zero-order valence-corrected chi connectivity index (χ0v) is 18.8. The molecule has 1 saturated heterocycles.